The first-order valence-electron chi connectivity index (χ1n) is 5.73. The molecule has 0 aromatic carbocycles. The summed E-state index contributed by atoms with van der Waals surface area (Å²) in [6.07, 6.45) is 0.321. The first kappa shape index (κ1) is 13.0. The summed E-state index contributed by atoms with van der Waals surface area (Å²) in [7, 11) is 0. The Hall–Kier alpha value is -1.47. The van der Waals surface area contributed by atoms with Crippen LogP contribution >= 0.6 is 11.3 Å². The highest BCUT2D eigenvalue weighted by Gasteiger charge is 2.33. The van der Waals surface area contributed by atoms with Crippen molar-refractivity contribution in [2.24, 2.45) is 5.92 Å². The molecule has 1 aromatic rings. The second-order valence-corrected chi connectivity index (χ2v) is 5.27. The SMILES string of the molecule is CC[C@@H]1CN(C(=O)c2csc([N+](=O)[O-])c2)C[C@H]1O. The van der Waals surface area contributed by atoms with Gasteiger partial charge in [-0.2, -0.15) is 0 Å². The number of hydrogen-bond acceptors (Lipinski definition) is 5. The lowest BCUT2D eigenvalue weighted by molar-refractivity contribution is -0.380. The molecule has 1 fully saturated rings. The molecule has 0 aliphatic carbocycles. The van der Waals surface area contributed by atoms with Gasteiger partial charge in [-0.1, -0.05) is 18.3 Å². The van der Waals surface area contributed by atoms with E-state index < -0.39 is 11.0 Å². The molecule has 1 aliphatic heterocycles. The number of β-amino-alcohol motifs (C(OH)–C–C–N with tert-alkyl or cyclic N) is 1. The van der Waals surface area contributed by atoms with Crippen molar-refractivity contribution in [2.45, 2.75) is 19.4 Å². The van der Waals surface area contributed by atoms with E-state index in [2.05, 4.69) is 0 Å². The van der Waals surface area contributed by atoms with Gasteiger partial charge in [0.1, 0.15) is 0 Å². The Bertz CT molecular complexity index is 473. The van der Waals surface area contributed by atoms with Crippen molar-refractivity contribution in [2.75, 3.05) is 13.1 Å². The van der Waals surface area contributed by atoms with Gasteiger partial charge in [-0.3, -0.25) is 14.9 Å². The Labute approximate surface area is 108 Å². The van der Waals surface area contributed by atoms with Crippen molar-refractivity contribution < 1.29 is 14.8 Å². The summed E-state index contributed by atoms with van der Waals surface area (Å²) in [6.45, 7) is 2.79. The van der Waals surface area contributed by atoms with Gasteiger partial charge in [-0.25, -0.2) is 0 Å². The third-order valence-corrected chi connectivity index (χ3v) is 4.11. The topological polar surface area (TPSA) is 83.7 Å². The quantitative estimate of drug-likeness (QED) is 0.666. The fourth-order valence-electron chi connectivity index (χ4n) is 2.14. The molecule has 7 heteroatoms. The molecule has 1 amide bonds. The smallest absolute Gasteiger partial charge is 0.324 e. The lowest BCUT2D eigenvalue weighted by atomic mass is 10.0. The zero-order valence-corrected chi connectivity index (χ0v) is 10.7. The average Bonchev–Trinajstić information content (AvgIpc) is 2.94. The Balaban J connectivity index is 2.10. The Kier molecular flexibility index (Phi) is 3.63. The minimum Gasteiger partial charge on any atom is -0.391 e. The maximum atomic E-state index is 12.1. The number of nitrogens with zero attached hydrogens (tertiary/aromatic N) is 2. The lowest BCUT2D eigenvalue weighted by Crippen LogP contribution is -2.29. The molecular formula is C11H14N2O4S. The Morgan fingerprint density at radius 1 is 1.67 bits per heavy atom. The Morgan fingerprint density at radius 2 is 2.39 bits per heavy atom. The molecule has 0 bridgehead atoms. The fraction of sp³-hybridized carbons (Fsp3) is 0.545. The minimum atomic E-state index is -0.505. The second kappa shape index (κ2) is 5.03. The van der Waals surface area contributed by atoms with E-state index in [4.69, 9.17) is 0 Å². The molecule has 18 heavy (non-hydrogen) atoms. The maximum absolute atomic E-state index is 12.1. The predicted molar refractivity (Wildman–Crippen MR) is 66.7 cm³/mol. The van der Waals surface area contributed by atoms with Crippen LogP contribution in [0.4, 0.5) is 5.00 Å². The van der Waals surface area contributed by atoms with Gasteiger partial charge < -0.3 is 10.0 Å². The number of amides is 1. The molecule has 1 aliphatic rings. The van der Waals surface area contributed by atoms with Gasteiger partial charge in [0.25, 0.3) is 5.91 Å². The zero-order chi connectivity index (χ0) is 13.3. The summed E-state index contributed by atoms with van der Waals surface area (Å²) in [6, 6.07) is 1.29. The molecule has 6 nitrogen and oxygen atoms in total. The first-order chi connectivity index (χ1) is 8.52. The van der Waals surface area contributed by atoms with Crippen LogP contribution in [0, 0.1) is 16.0 Å². The Morgan fingerprint density at radius 3 is 2.89 bits per heavy atom. The van der Waals surface area contributed by atoms with Crippen molar-refractivity contribution in [3.05, 3.63) is 27.1 Å². The van der Waals surface area contributed by atoms with Crippen LogP contribution in [0.1, 0.15) is 23.7 Å². The normalized spacial score (nSPS) is 23.3. The third-order valence-electron chi connectivity index (χ3n) is 3.23. The number of hydrogen-bond donors (Lipinski definition) is 1. The highest BCUT2D eigenvalue weighted by atomic mass is 32.1. The molecule has 0 radical (unpaired) electrons. The predicted octanol–water partition coefficient (Wildman–Crippen LogP) is 1.50. The number of rotatable bonds is 3. The molecule has 2 heterocycles. The van der Waals surface area contributed by atoms with Crippen LogP contribution in [-0.2, 0) is 0 Å². The van der Waals surface area contributed by atoms with E-state index in [0.717, 1.165) is 17.8 Å². The van der Waals surface area contributed by atoms with Crippen LogP contribution < -0.4 is 0 Å². The number of likely N-dealkylation sites (tertiary alicyclic amines) is 1. The molecular weight excluding hydrogens is 256 g/mol. The molecule has 1 aromatic heterocycles. The monoisotopic (exact) mass is 270 g/mol. The van der Waals surface area contributed by atoms with Crippen LogP contribution in [0.5, 0.6) is 0 Å². The molecule has 0 saturated carbocycles. The molecule has 1 saturated heterocycles. The molecule has 2 atom stereocenters. The standard InChI is InChI=1S/C11H14N2O4S/c1-2-7-4-12(5-9(7)14)11(15)8-3-10(13(16)17)18-6-8/h3,6-7,9,14H,2,4-5H2,1H3/t7-,9-/m1/s1. The van der Waals surface area contributed by atoms with Crippen molar-refractivity contribution in [3.8, 4) is 0 Å². The van der Waals surface area contributed by atoms with Crippen LogP contribution in [-0.4, -0.2) is 40.0 Å². The van der Waals surface area contributed by atoms with E-state index in [0.29, 0.717) is 18.7 Å². The van der Waals surface area contributed by atoms with E-state index in [1.54, 1.807) is 4.90 Å². The minimum absolute atomic E-state index is 0.0369. The van der Waals surface area contributed by atoms with Crippen molar-refractivity contribution in [3.63, 3.8) is 0 Å². The summed E-state index contributed by atoms with van der Waals surface area (Å²) < 4.78 is 0. The zero-order valence-electron chi connectivity index (χ0n) is 9.91. The number of nitro groups is 1. The molecule has 0 spiro atoms. The van der Waals surface area contributed by atoms with Crippen LogP contribution in [0.25, 0.3) is 0 Å². The molecule has 98 valence electrons. The van der Waals surface area contributed by atoms with Crippen LogP contribution in [0.2, 0.25) is 0 Å². The molecule has 1 N–H and O–H groups in total. The van der Waals surface area contributed by atoms with Crippen LogP contribution in [0.3, 0.4) is 0 Å². The van der Waals surface area contributed by atoms with Gasteiger partial charge in [0.15, 0.2) is 0 Å². The van der Waals surface area contributed by atoms with Gasteiger partial charge in [0.05, 0.1) is 16.6 Å². The van der Waals surface area contributed by atoms with Crippen molar-refractivity contribution in [1.82, 2.24) is 4.90 Å². The fourth-order valence-corrected chi connectivity index (χ4v) is 2.83. The van der Waals surface area contributed by atoms with E-state index in [-0.39, 0.29) is 16.8 Å². The van der Waals surface area contributed by atoms with Crippen molar-refractivity contribution in [1.29, 1.82) is 0 Å². The van der Waals surface area contributed by atoms with Gasteiger partial charge >= 0.3 is 5.00 Å². The van der Waals surface area contributed by atoms with Crippen molar-refractivity contribution >= 4 is 22.2 Å². The highest BCUT2D eigenvalue weighted by molar-refractivity contribution is 7.13. The van der Waals surface area contributed by atoms with Gasteiger partial charge in [-0.05, 0) is 6.42 Å². The number of thiophene rings is 1. The summed E-state index contributed by atoms with van der Waals surface area (Å²) >= 11 is 0.943. The van der Waals surface area contributed by atoms with Gasteiger partial charge in [0.2, 0.25) is 0 Å². The molecule has 0 unspecified atom stereocenters. The number of carbonyl (C=O) groups excluding carboxylic acids is 1. The first-order valence-corrected chi connectivity index (χ1v) is 6.61. The summed E-state index contributed by atoms with van der Waals surface area (Å²) in [4.78, 5) is 23.7. The van der Waals surface area contributed by atoms with E-state index in [1.807, 2.05) is 6.92 Å². The third kappa shape index (κ3) is 2.37. The lowest BCUT2D eigenvalue weighted by Gasteiger charge is -2.14. The largest absolute Gasteiger partial charge is 0.391 e. The van der Waals surface area contributed by atoms with Gasteiger partial charge in [-0.15, -0.1) is 0 Å². The van der Waals surface area contributed by atoms with E-state index in [1.165, 1.54) is 11.4 Å². The maximum Gasteiger partial charge on any atom is 0.324 e. The second-order valence-electron chi connectivity index (χ2n) is 4.38. The van der Waals surface area contributed by atoms with E-state index in [9.17, 15) is 20.0 Å². The summed E-state index contributed by atoms with van der Waals surface area (Å²) in [5.74, 6) is -0.142. The van der Waals surface area contributed by atoms with Gasteiger partial charge in [0, 0.05) is 30.5 Å². The van der Waals surface area contributed by atoms with E-state index >= 15 is 0 Å². The van der Waals surface area contributed by atoms with Crippen LogP contribution in [0.15, 0.2) is 11.4 Å². The summed E-state index contributed by atoms with van der Waals surface area (Å²) in [5.41, 5.74) is 0.329. The highest BCUT2D eigenvalue weighted by Crippen LogP contribution is 2.26. The summed E-state index contributed by atoms with van der Waals surface area (Å²) in [5, 5.41) is 21.8. The number of aliphatic hydroxyl groups excluding tert-OH is 1. The average molecular weight is 270 g/mol. The molecule has 2 rings (SSSR count). The number of aliphatic hydroxyl groups is 1. The number of carbonyl (C=O) groups is 1.